The highest BCUT2D eigenvalue weighted by molar-refractivity contribution is 7.02. The first-order chi connectivity index (χ1) is 8.83. The van der Waals surface area contributed by atoms with E-state index >= 15 is 0 Å². The first kappa shape index (κ1) is 13.1. The van der Waals surface area contributed by atoms with Crippen LogP contribution in [0, 0.1) is 0 Å². The summed E-state index contributed by atoms with van der Waals surface area (Å²) >= 11 is 0. The lowest BCUT2D eigenvalue weighted by atomic mass is 10.4. The van der Waals surface area contributed by atoms with Crippen molar-refractivity contribution in [3.8, 4) is 0 Å². The first-order valence-corrected chi connectivity index (χ1v) is 9.06. The zero-order valence-corrected chi connectivity index (χ0v) is 12.0. The molecular weight excluding hydrogens is 234 g/mol. The third-order valence-corrected chi connectivity index (χ3v) is 9.05. The van der Waals surface area contributed by atoms with Crippen LogP contribution in [0.4, 0.5) is 0 Å². The molecule has 0 aliphatic carbocycles. The molecule has 94 valence electrons. The zero-order chi connectivity index (χ0) is 12.8. The molecule has 2 N–H and O–H groups in total. The Hall–Kier alpha value is -1.38. The van der Waals surface area contributed by atoms with E-state index in [0.29, 0.717) is 0 Å². The summed E-state index contributed by atoms with van der Waals surface area (Å²) in [6.07, 6.45) is 0. The van der Waals surface area contributed by atoms with Gasteiger partial charge in [-0.25, -0.2) is 0 Å². The Morgan fingerprint density at radius 3 is 1.61 bits per heavy atom. The van der Waals surface area contributed by atoms with Gasteiger partial charge in [-0.1, -0.05) is 84.0 Å². The first-order valence-electron chi connectivity index (χ1n) is 6.64. The molecule has 0 aromatic heterocycles. The average molecular weight is 255 g/mol. The summed E-state index contributed by atoms with van der Waals surface area (Å²) in [5, 5.41) is 3.01. The van der Waals surface area contributed by atoms with Crippen molar-refractivity contribution in [2.45, 2.75) is 19.0 Å². The molecule has 0 radical (unpaired) electrons. The molecule has 0 spiro atoms. The smallest absolute Gasteiger partial charge is 0.119 e. The van der Waals surface area contributed by atoms with Gasteiger partial charge in [0, 0.05) is 0 Å². The van der Waals surface area contributed by atoms with Crippen LogP contribution in [0.2, 0.25) is 12.1 Å². The van der Waals surface area contributed by atoms with Crippen molar-refractivity contribution in [3.05, 3.63) is 60.7 Å². The van der Waals surface area contributed by atoms with E-state index in [0.717, 1.165) is 12.6 Å². The summed E-state index contributed by atoms with van der Waals surface area (Å²) < 4.78 is 0. The van der Waals surface area contributed by atoms with Gasteiger partial charge in [-0.05, 0) is 12.6 Å². The van der Waals surface area contributed by atoms with Gasteiger partial charge in [0.1, 0.15) is 8.07 Å². The molecule has 1 nitrogen and oxygen atoms in total. The van der Waals surface area contributed by atoms with Crippen molar-refractivity contribution in [2.75, 3.05) is 6.54 Å². The van der Waals surface area contributed by atoms with Gasteiger partial charge in [0.2, 0.25) is 0 Å². The minimum absolute atomic E-state index is 0.768. The van der Waals surface area contributed by atoms with Crippen LogP contribution in [0.1, 0.15) is 6.92 Å². The fourth-order valence-electron chi connectivity index (χ4n) is 2.80. The van der Waals surface area contributed by atoms with Gasteiger partial charge >= 0.3 is 0 Å². The second-order valence-electron chi connectivity index (χ2n) is 4.71. The molecule has 2 aromatic carbocycles. The Morgan fingerprint density at radius 2 is 1.28 bits per heavy atom. The van der Waals surface area contributed by atoms with E-state index in [9.17, 15) is 0 Å². The molecule has 0 fully saturated rings. The van der Waals surface area contributed by atoms with Gasteiger partial charge in [-0.2, -0.15) is 0 Å². The molecule has 0 aliphatic heterocycles. The molecule has 0 unspecified atom stereocenters. The summed E-state index contributed by atoms with van der Waals surface area (Å²) in [5.41, 5.74) is 5.90. The van der Waals surface area contributed by atoms with Gasteiger partial charge in [0.05, 0.1) is 0 Å². The predicted octanol–water partition coefficient (Wildman–Crippen LogP) is 2.23. The summed E-state index contributed by atoms with van der Waals surface area (Å²) in [6, 6.07) is 24.2. The second kappa shape index (κ2) is 5.98. The van der Waals surface area contributed by atoms with E-state index in [2.05, 4.69) is 67.6 Å². The minimum atomic E-state index is -1.65. The highest BCUT2D eigenvalue weighted by atomic mass is 28.3. The third-order valence-electron chi connectivity index (χ3n) is 3.83. The number of hydrogen-bond donors (Lipinski definition) is 1. The van der Waals surface area contributed by atoms with Gasteiger partial charge < -0.3 is 5.73 Å². The molecule has 0 bridgehead atoms. The Balaban J connectivity index is 2.53. The SMILES string of the molecule is CC[Si](CCN)(c1ccccc1)c1ccccc1. The van der Waals surface area contributed by atoms with Crippen LogP contribution < -0.4 is 16.1 Å². The maximum absolute atomic E-state index is 5.90. The van der Waals surface area contributed by atoms with Gasteiger partial charge in [-0.15, -0.1) is 0 Å². The lowest BCUT2D eigenvalue weighted by Crippen LogP contribution is -2.58. The molecule has 2 rings (SSSR count). The molecule has 0 saturated carbocycles. The van der Waals surface area contributed by atoms with Crippen LogP contribution in [-0.4, -0.2) is 14.6 Å². The molecule has 2 heteroatoms. The molecular formula is C16H21NSi. The van der Waals surface area contributed by atoms with E-state index < -0.39 is 8.07 Å². The van der Waals surface area contributed by atoms with Crippen LogP contribution in [0.25, 0.3) is 0 Å². The van der Waals surface area contributed by atoms with E-state index in [-0.39, 0.29) is 0 Å². The Labute approximate surface area is 111 Å². The molecule has 2 aromatic rings. The molecule has 0 saturated heterocycles. The van der Waals surface area contributed by atoms with Crippen LogP contribution in [0.5, 0.6) is 0 Å². The number of hydrogen-bond acceptors (Lipinski definition) is 1. The molecule has 0 atom stereocenters. The van der Waals surface area contributed by atoms with Crippen LogP contribution >= 0.6 is 0 Å². The van der Waals surface area contributed by atoms with Gasteiger partial charge in [0.15, 0.2) is 0 Å². The van der Waals surface area contributed by atoms with Crippen molar-refractivity contribution in [2.24, 2.45) is 5.73 Å². The molecule has 0 heterocycles. The third kappa shape index (κ3) is 2.40. The number of rotatable bonds is 5. The monoisotopic (exact) mass is 255 g/mol. The lowest BCUT2D eigenvalue weighted by Gasteiger charge is -2.31. The van der Waals surface area contributed by atoms with Crippen LogP contribution in [0.15, 0.2) is 60.7 Å². The zero-order valence-electron chi connectivity index (χ0n) is 11.0. The largest absolute Gasteiger partial charge is 0.331 e. The highest BCUT2D eigenvalue weighted by Crippen LogP contribution is 2.15. The van der Waals surface area contributed by atoms with Crippen LogP contribution in [-0.2, 0) is 0 Å². The van der Waals surface area contributed by atoms with Gasteiger partial charge in [0.25, 0.3) is 0 Å². The Morgan fingerprint density at radius 1 is 0.833 bits per heavy atom. The average Bonchev–Trinajstić information content (AvgIpc) is 2.47. The van der Waals surface area contributed by atoms with Crippen molar-refractivity contribution in [3.63, 3.8) is 0 Å². The van der Waals surface area contributed by atoms with Crippen molar-refractivity contribution < 1.29 is 0 Å². The standard InChI is InChI=1S/C16H21NSi/c1-2-18(14-13-17,15-9-5-3-6-10-15)16-11-7-4-8-12-16/h3-12H,2,13-14,17H2,1H3. The van der Waals surface area contributed by atoms with E-state index in [1.807, 2.05) is 0 Å². The quantitative estimate of drug-likeness (QED) is 0.815. The topological polar surface area (TPSA) is 26.0 Å². The maximum atomic E-state index is 5.90. The summed E-state index contributed by atoms with van der Waals surface area (Å²) in [7, 11) is -1.65. The molecule has 0 amide bonds. The molecule has 0 aliphatic rings. The normalized spacial score (nSPS) is 11.4. The van der Waals surface area contributed by atoms with Crippen molar-refractivity contribution in [1.29, 1.82) is 0 Å². The Kier molecular flexibility index (Phi) is 4.34. The summed E-state index contributed by atoms with van der Waals surface area (Å²) in [5.74, 6) is 0. The number of benzene rings is 2. The van der Waals surface area contributed by atoms with E-state index in [1.165, 1.54) is 16.4 Å². The number of nitrogens with two attached hydrogens (primary N) is 1. The fourth-order valence-corrected chi connectivity index (χ4v) is 7.04. The minimum Gasteiger partial charge on any atom is -0.331 e. The van der Waals surface area contributed by atoms with E-state index in [1.54, 1.807) is 0 Å². The predicted molar refractivity (Wildman–Crippen MR) is 82.2 cm³/mol. The fraction of sp³-hybridized carbons (Fsp3) is 0.250. The van der Waals surface area contributed by atoms with E-state index in [4.69, 9.17) is 5.73 Å². The Bertz CT molecular complexity index is 427. The van der Waals surface area contributed by atoms with Gasteiger partial charge in [-0.3, -0.25) is 0 Å². The van der Waals surface area contributed by atoms with Crippen molar-refractivity contribution in [1.82, 2.24) is 0 Å². The summed E-state index contributed by atoms with van der Waals surface area (Å²) in [6.45, 7) is 3.08. The highest BCUT2D eigenvalue weighted by Gasteiger charge is 2.33. The lowest BCUT2D eigenvalue weighted by molar-refractivity contribution is 1.09. The maximum Gasteiger partial charge on any atom is 0.119 e. The van der Waals surface area contributed by atoms with Crippen molar-refractivity contribution >= 4 is 18.4 Å². The van der Waals surface area contributed by atoms with Crippen LogP contribution in [0.3, 0.4) is 0 Å². The summed E-state index contributed by atoms with van der Waals surface area (Å²) in [4.78, 5) is 0. The molecule has 18 heavy (non-hydrogen) atoms. The second-order valence-corrected chi connectivity index (χ2v) is 9.23.